The molecule has 0 heterocycles. The number of carbonyl (C=O) groups is 8. The number of hydrogen-bond acceptors (Lipinski definition) is 10. The van der Waals surface area contributed by atoms with Gasteiger partial charge in [-0.3, -0.25) is 38.4 Å². The van der Waals surface area contributed by atoms with Crippen LogP contribution in [0.1, 0.15) is 92.6 Å². The van der Waals surface area contributed by atoms with Gasteiger partial charge in [-0.15, -0.1) is 0 Å². The molecule has 13 N–H and O–H groups in total. The number of carbonyl (C=O) groups excluding carboxylic acids is 8. The first-order valence-corrected chi connectivity index (χ1v) is 19.1. The second kappa shape index (κ2) is 24.3. The first-order chi connectivity index (χ1) is 26.2. The molecule has 0 fully saturated rings. The highest BCUT2D eigenvalue weighted by Gasteiger charge is 2.36. The molecule has 1 rings (SSSR count). The highest BCUT2D eigenvalue weighted by Crippen LogP contribution is 2.15. The molecule has 56 heavy (non-hydrogen) atoms. The highest BCUT2D eigenvalue weighted by atomic mass is 16.3. The maximum atomic E-state index is 13.9. The number of amides is 8. The van der Waals surface area contributed by atoms with Gasteiger partial charge in [0.1, 0.15) is 42.0 Å². The van der Waals surface area contributed by atoms with Gasteiger partial charge in [0.05, 0.1) is 0 Å². The van der Waals surface area contributed by atoms with Gasteiger partial charge in [0.2, 0.25) is 47.3 Å². The van der Waals surface area contributed by atoms with E-state index in [0.717, 1.165) is 0 Å². The van der Waals surface area contributed by atoms with E-state index >= 15 is 0 Å². The van der Waals surface area contributed by atoms with E-state index in [2.05, 4.69) is 31.9 Å². The Bertz CT molecular complexity index is 1500. The summed E-state index contributed by atoms with van der Waals surface area (Å²) in [5.41, 5.74) is 17.0. The van der Waals surface area contributed by atoms with Crippen LogP contribution in [0.2, 0.25) is 0 Å². The Morgan fingerprint density at radius 1 is 0.625 bits per heavy atom. The topological polar surface area (TPSA) is 307 Å². The summed E-state index contributed by atoms with van der Waals surface area (Å²) in [6, 6.07) is -1.04. The third kappa shape index (κ3) is 17.0. The van der Waals surface area contributed by atoms with Crippen LogP contribution in [0.25, 0.3) is 0 Å². The Kier molecular flexibility index (Phi) is 21.2. The van der Waals surface area contributed by atoms with Crippen molar-refractivity contribution in [2.45, 2.75) is 130 Å². The van der Waals surface area contributed by atoms with Crippen LogP contribution in [-0.2, 0) is 44.8 Å². The van der Waals surface area contributed by atoms with Crippen molar-refractivity contribution in [3.8, 4) is 5.75 Å². The van der Waals surface area contributed by atoms with Crippen molar-refractivity contribution in [1.82, 2.24) is 31.9 Å². The van der Waals surface area contributed by atoms with Gasteiger partial charge in [0.15, 0.2) is 0 Å². The zero-order valence-electron chi connectivity index (χ0n) is 33.6. The normalized spacial score (nSPS) is 14.9. The number of nitrogens with one attached hydrogen (secondary N) is 6. The lowest BCUT2D eigenvalue weighted by atomic mass is 9.95. The van der Waals surface area contributed by atoms with Crippen molar-refractivity contribution in [2.75, 3.05) is 6.54 Å². The van der Waals surface area contributed by atoms with Crippen LogP contribution in [0.15, 0.2) is 24.3 Å². The maximum absolute atomic E-state index is 13.9. The molecule has 7 atom stereocenters. The zero-order valence-corrected chi connectivity index (χ0v) is 33.6. The maximum Gasteiger partial charge on any atom is 0.243 e. The molecular weight excluding hydrogens is 726 g/mol. The number of aromatic hydroxyl groups is 1. The standard InChI is InChI=1S/C38H63N9O9/c1-8-22(6)32(47-34(52)27(16-17-29(40)50)44-36(54)30(20(2)3)42-23(7)48)38(56)46-31(21(4)5)37(55)45-28(19-24-12-14-25(49)15-13-24)35(53)43-26(33(41)51)11-9-10-18-39/h12-15,20-22,26-28,30-32,49H,8-11,16-19,39H2,1-7H3,(H2,40,50)(H2,41,51)(H,42,48)(H,43,53)(H,44,54)(H,45,55)(H,46,56)(H,47,52). The van der Waals surface area contributed by atoms with E-state index in [9.17, 15) is 43.5 Å². The molecule has 0 aliphatic rings. The lowest BCUT2D eigenvalue weighted by Crippen LogP contribution is -2.62. The molecule has 0 spiro atoms. The van der Waals surface area contributed by atoms with Crippen molar-refractivity contribution < 1.29 is 43.5 Å². The predicted molar refractivity (Wildman–Crippen MR) is 209 cm³/mol. The fraction of sp³-hybridized carbons (Fsp3) is 0.632. The van der Waals surface area contributed by atoms with Crippen LogP contribution in [0.3, 0.4) is 0 Å². The Morgan fingerprint density at radius 3 is 1.59 bits per heavy atom. The summed E-state index contributed by atoms with van der Waals surface area (Å²) in [7, 11) is 0. The average Bonchev–Trinajstić information content (AvgIpc) is 3.12. The molecule has 18 heteroatoms. The van der Waals surface area contributed by atoms with E-state index in [-0.39, 0.29) is 37.4 Å². The first-order valence-electron chi connectivity index (χ1n) is 19.1. The number of rotatable bonds is 25. The molecule has 0 aliphatic heterocycles. The van der Waals surface area contributed by atoms with Gasteiger partial charge in [0, 0.05) is 19.8 Å². The van der Waals surface area contributed by atoms with Crippen LogP contribution in [-0.4, -0.2) is 95.2 Å². The molecular formula is C38H63N9O9. The quantitative estimate of drug-likeness (QED) is 0.0545. The Balaban J connectivity index is 3.38. The Morgan fingerprint density at radius 2 is 1.11 bits per heavy atom. The number of unbranched alkanes of at least 4 members (excludes halogenated alkanes) is 1. The van der Waals surface area contributed by atoms with Gasteiger partial charge in [-0.05, 0) is 67.7 Å². The lowest BCUT2D eigenvalue weighted by Gasteiger charge is -2.31. The van der Waals surface area contributed by atoms with Gasteiger partial charge >= 0.3 is 0 Å². The Hall–Kier alpha value is -5.26. The predicted octanol–water partition coefficient (Wildman–Crippen LogP) is -0.899. The molecule has 0 radical (unpaired) electrons. The number of nitrogens with two attached hydrogens (primary N) is 3. The minimum atomic E-state index is -1.31. The fourth-order valence-electron chi connectivity index (χ4n) is 5.69. The SMILES string of the molecule is CCC(C)C(NC(=O)C(CCC(N)=O)NC(=O)C(NC(C)=O)C(C)C)C(=O)NC(C(=O)NC(Cc1ccc(O)cc1)C(=O)NC(CCCCN)C(N)=O)C(C)C. The molecule has 8 amide bonds. The summed E-state index contributed by atoms with van der Waals surface area (Å²) in [4.78, 5) is 104. The summed E-state index contributed by atoms with van der Waals surface area (Å²) < 4.78 is 0. The average molecular weight is 790 g/mol. The molecule has 0 aromatic heterocycles. The molecule has 18 nitrogen and oxygen atoms in total. The largest absolute Gasteiger partial charge is 0.508 e. The second-order valence-electron chi connectivity index (χ2n) is 14.8. The Labute approximate surface area is 329 Å². The van der Waals surface area contributed by atoms with Crippen molar-refractivity contribution >= 4 is 47.3 Å². The van der Waals surface area contributed by atoms with Gasteiger partial charge < -0.3 is 54.2 Å². The summed E-state index contributed by atoms with van der Waals surface area (Å²) in [5, 5.41) is 25.6. The second-order valence-corrected chi connectivity index (χ2v) is 14.8. The molecule has 314 valence electrons. The number of phenols is 1. The number of phenolic OH excluding ortho intramolecular Hbond substituents is 1. The summed E-state index contributed by atoms with van der Waals surface area (Å²) in [5.74, 6) is -6.96. The van der Waals surface area contributed by atoms with E-state index in [1.54, 1.807) is 53.7 Å². The molecule has 1 aromatic carbocycles. The van der Waals surface area contributed by atoms with Crippen molar-refractivity contribution in [1.29, 1.82) is 0 Å². The van der Waals surface area contributed by atoms with E-state index < -0.39 is 95.3 Å². The van der Waals surface area contributed by atoms with Crippen molar-refractivity contribution in [3.63, 3.8) is 0 Å². The van der Waals surface area contributed by atoms with E-state index in [4.69, 9.17) is 17.2 Å². The minimum Gasteiger partial charge on any atom is -0.508 e. The monoisotopic (exact) mass is 789 g/mol. The van der Waals surface area contributed by atoms with Crippen LogP contribution in [0.4, 0.5) is 0 Å². The van der Waals surface area contributed by atoms with Gasteiger partial charge in [-0.2, -0.15) is 0 Å². The summed E-state index contributed by atoms with van der Waals surface area (Å²) in [6.45, 7) is 11.9. The first kappa shape index (κ1) is 48.8. The van der Waals surface area contributed by atoms with E-state index in [1.807, 2.05) is 0 Å². The molecule has 0 aliphatic carbocycles. The lowest BCUT2D eigenvalue weighted by molar-refractivity contribution is -0.137. The smallest absolute Gasteiger partial charge is 0.243 e. The van der Waals surface area contributed by atoms with Crippen LogP contribution in [0.5, 0.6) is 5.75 Å². The molecule has 0 bridgehead atoms. The number of hydrogen-bond donors (Lipinski definition) is 10. The van der Waals surface area contributed by atoms with Gasteiger partial charge in [-0.25, -0.2) is 0 Å². The third-order valence-electron chi connectivity index (χ3n) is 9.28. The van der Waals surface area contributed by atoms with E-state index in [0.29, 0.717) is 31.4 Å². The molecule has 7 unspecified atom stereocenters. The van der Waals surface area contributed by atoms with Crippen LogP contribution >= 0.6 is 0 Å². The minimum absolute atomic E-state index is 0.00988. The number of benzene rings is 1. The van der Waals surface area contributed by atoms with Crippen LogP contribution < -0.4 is 49.1 Å². The van der Waals surface area contributed by atoms with E-state index in [1.165, 1.54) is 19.1 Å². The van der Waals surface area contributed by atoms with Crippen LogP contribution in [0, 0.1) is 17.8 Å². The zero-order chi connectivity index (χ0) is 42.7. The molecule has 1 aromatic rings. The fourth-order valence-corrected chi connectivity index (χ4v) is 5.69. The molecule has 0 saturated carbocycles. The van der Waals surface area contributed by atoms with Crippen molar-refractivity contribution in [2.24, 2.45) is 35.0 Å². The third-order valence-corrected chi connectivity index (χ3v) is 9.28. The van der Waals surface area contributed by atoms with Gasteiger partial charge in [0.25, 0.3) is 0 Å². The highest BCUT2D eigenvalue weighted by molar-refractivity contribution is 5.97. The van der Waals surface area contributed by atoms with Crippen molar-refractivity contribution in [3.05, 3.63) is 29.8 Å². The summed E-state index contributed by atoms with van der Waals surface area (Å²) >= 11 is 0. The molecule has 0 saturated heterocycles. The number of primary amides is 2. The summed E-state index contributed by atoms with van der Waals surface area (Å²) in [6.07, 6.45) is 1.24. The van der Waals surface area contributed by atoms with Gasteiger partial charge in [-0.1, -0.05) is 60.1 Å².